The SMILES string of the molecule is COc1c(C2CCNC2)cc(C)c(C)c1O. The third-order valence-corrected chi connectivity index (χ3v) is 3.50. The van der Waals surface area contributed by atoms with Gasteiger partial charge in [0.1, 0.15) is 0 Å². The first-order valence-electron chi connectivity index (χ1n) is 5.73. The third kappa shape index (κ3) is 1.76. The van der Waals surface area contributed by atoms with Gasteiger partial charge in [-0.25, -0.2) is 0 Å². The Morgan fingerprint density at radius 3 is 2.75 bits per heavy atom. The summed E-state index contributed by atoms with van der Waals surface area (Å²) < 4.78 is 5.35. The van der Waals surface area contributed by atoms with Gasteiger partial charge in [0, 0.05) is 18.0 Å². The summed E-state index contributed by atoms with van der Waals surface area (Å²) in [6.07, 6.45) is 1.11. The molecule has 2 N–H and O–H groups in total. The summed E-state index contributed by atoms with van der Waals surface area (Å²) in [7, 11) is 1.62. The van der Waals surface area contributed by atoms with E-state index < -0.39 is 0 Å². The molecule has 1 aromatic rings. The number of hydrogen-bond acceptors (Lipinski definition) is 3. The van der Waals surface area contributed by atoms with Crippen LogP contribution in [0, 0.1) is 13.8 Å². The highest BCUT2D eigenvalue weighted by atomic mass is 16.5. The number of methoxy groups -OCH3 is 1. The molecule has 0 amide bonds. The Kier molecular flexibility index (Phi) is 3.06. The van der Waals surface area contributed by atoms with E-state index in [2.05, 4.69) is 11.4 Å². The topological polar surface area (TPSA) is 41.5 Å². The molecule has 0 radical (unpaired) electrons. The lowest BCUT2D eigenvalue weighted by Gasteiger charge is -2.18. The van der Waals surface area contributed by atoms with E-state index in [4.69, 9.17) is 4.74 Å². The molecule has 3 nitrogen and oxygen atoms in total. The second kappa shape index (κ2) is 4.34. The summed E-state index contributed by atoms with van der Waals surface area (Å²) in [4.78, 5) is 0. The molecule has 88 valence electrons. The Hall–Kier alpha value is -1.22. The van der Waals surface area contributed by atoms with Gasteiger partial charge >= 0.3 is 0 Å². The normalized spacial score (nSPS) is 20.1. The Morgan fingerprint density at radius 2 is 2.19 bits per heavy atom. The lowest BCUT2D eigenvalue weighted by molar-refractivity contribution is 0.364. The zero-order chi connectivity index (χ0) is 11.7. The predicted octanol–water partition coefficient (Wildman–Crippen LogP) is 2.09. The van der Waals surface area contributed by atoms with Crippen molar-refractivity contribution in [3.05, 3.63) is 22.8 Å². The fraction of sp³-hybridized carbons (Fsp3) is 0.538. The van der Waals surface area contributed by atoms with Gasteiger partial charge in [0.05, 0.1) is 7.11 Å². The number of nitrogens with one attached hydrogen (secondary N) is 1. The van der Waals surface area contributed by atoms with Gasteiger partial charge in [0.2, 0.25) is 0 Å². The molecule has 16 heavy (non-hydrogen) atoms. The van der Waals surface area contributed by atoms with E-state index >= 15 is 0 Å². The minimum atomic E-state index is 0.296. The van der Waals surface area contributed by atoms with Crippen molar-refractivity contribution < 1.29 is 9.84 Å². The molecule has 1 aliphatic heterocycles. The van der Waals surface area contributed by atoms with Crippen LogP contribution in [0.4, 0.5) is 0 Å². The highest BCUT2D eigenvalue weighted by Crippen LogP contribution is 2.40. The van der Waals surface area contributed by atoms with Gasteiger partial charge in [-0.15, -0.1) is 0 Å². The number of phenols is 1. The molecule has 1 aliphatic rings. The molecule has 0 aromatic heterocycles. The molecule has 1 saturated heterocycles. The van der Waals surface area contributed by atoms with E-state index in [-0.39, 0.29) is 0 Å². The van der Waals surface area contributed by atoms with Gasteiger partial charge in [-0.05, 0) is 37.9 Å². The molecule has 0 aliphatic carbocycles. The highest BCUT2D eigenvalue weighted by molar-refractivity contribution is 5.55. The maximum atomic E-state index is 10.1. The van der Waals surface area contributed by atoms with Crippen LogP contribution in [0.1, 0.15) is 29.0 Å². The molecule has 1 unspecified atom stereocenters. The maximum Gasteiger partial charge on any atom is 0.164 e. The Labute approximate surface area is 96.4 Å². The van der Waals surface area contributed by atoms with Gasteiger partial charge in [0.15, 0.2) is 11.5 Å². The summed E-state index contributed by atoms with van der Waals surface area (Å²) in [6, 6.07) is 2.14. The molecule has 3 heteroatoms. The van der Waals surface area contributed by atoms with Gasteiger partial charge in [-0.2, -0.15) is 0 Å². The zero-order valence-electron chi connectivity index (χ0n) is 10.1. The number of benzene rings is 1. The molecule has 1 heterocycles. The Morgan fingerprint density at radius 1 is 1.44 bits per heavy atom. The van der Waals surface area contributed by atoms with Gasteiger partial charge in [-0.1, -0.05) is 6.07 Å². The molecular formula is C13H19NO2. The van der Waals surface area contributed by atoms with Crippen molar-refractivity contribution in [1.29, 1.82) is 0 Å². The molecule has 0 spiro atoms. The van der Waals surface area contributed by atoms with Crippen molar-refractivity contribution in [3.8, 4) is 11.5 Å². The van der Waals surface area contributed by atoms with Crippen LogP contribution in [0.2, 0.25) is 0 Å². The fourth-order valence-corrected chi connectivity index (χ4v) is 2.34. The summed E-state index contributed by atoms with van der Waals surface area (Å²) >= 11 is 0. The van der Waals surface area contributed by atoms with Crippen LogP contribution in [0.15, 0.2) is 6.07 Å². The minimum absolute atomic E-state index is 0.296. The second-order valence-corrected chi connectivity index (χ2v) is 4.48. The molecule has 2 rings (SSSR count). The van der Waals surface area contributed by atoms with Crippen LogP contribution in [0.25, 0.3) is 0 Å². The fourth-order valence-electron chi connectivity index (χ4n) is 2.34. The highest BCUT2D eigenvalue weighted by Gasteiger charge is 2.23. The smallest absolute Gasteiger partial charge is 0.164 e. The molecule has 0 saturated carbocycles. The standard InChI is InChI=1S/C13H19NO2/c1-8-6-11(10-4-5-14-7-10)13(16-3)12(15)9(8)2/h6,10,14-15H,4-5,7H2,1-3H3. The summed E-state index contributed by atoms with van der Waals surface area (Å²) in [5.74, 6) is 1.40. The molecular weight excluding hydrogens is 202 g/mol. The predicted molar refractivity (Wildman–Crippen MR) is 64.4 cm³/mol. The monoisotopic (exact) mass is 221 g/mol. The molecule has 1 fully saturated rings. The van der Waals surface area contributed by atoms with Crippen molar-refractivity contribution in [3.63, 3.8) is 0 Å². The Bertz CT molecular complexity index is 395. The average Bonchev–Trinajstić information content (AvgIpc) is 2.79. The molecule has 1 aromatic carbocycles. The van der Waals surface area contributed by atoms with Crippen LogP contribution in [-0.4, -0.2) is 25.3 Å². The van der Waals surface area contributed by atoms with Crippen molar-refractivity contribution in [1.82, 2.24) is 5.32 Å². The molecule has 1 atom stereocenters. The van der Waals surface area contributed by atoms with Crippen molar-refractivity contribution in [2.24, 2.45) is 0 Å². The number of ether oxygens (including phenoxy) is 1. The average molecular weight is 221 g/mol. The van der Waals surface area contributed by atoms with Crippen molar-refractivity contribution in [2.75, 3.05) is 20.2 Å². The number of aromatic hydroxyl groups is 1. The van der Waals surface area contributed by atoms with Gasteiger partial charge < -0.3 is 15.2 Å². The third-order valence-electron chi connectivity index (χ3n) is 3.50. The van der Waals surface area contributed by atoms with Crippen LogP contribution in [-0.2, 0) is 0 Å². The van der Waals surface area contributed by atoms with Crippen molar-refractivity contribution in [2.45, 2.75) is 26.2 Å². The quantitative estimate of drug-likeness (QED) is 0.803. The van der Waals surface area contributed by atoms with Crippen molar-refractivity contribution >= 4 is 0 Å². The number of rotatable bonds is 2. The largest absolute Gasteiger partial charge is 0.504 e. The van der Waals surface area contributed by atoms with E-state index in [1.165, 1.54) is 0 Å². The van der Waals surface area contributed by atoms with E-state index in [1.54, 1.807) is 7.11 Å². The van der Waals surface area contributed by atoms with Crippen LogP contribution >= 0.6 is 0 Å². The lowest BCUT2D eigenvalue weighted by atomic mass is 9.93. The zero-order valence-corrected chi connectivity index (χ0v) is 10.1. The minimum Gasteiger partial charge on any atom is -0.504 e. The van der Waals surface area contributed by atoms with E-state index in [0.717, 1.165) is 36.2 Å². The number of aryl methyl sites for hydroxylation is 1. The lowest BCUT2D eigenvalue weighted by Crippen LogP contribution is -2.09. The van der Waals surface area contributed by atoms with E-state index in [1.807, 2.05) is 13.8 Å². The van der Waals surface area contributed by atoms with Crippen LogP contribution in [0.3, 0.4) is 0 Å². The van der Waals surface area contributed by atoms with Crippen LogP contribution < -0.4 is 10.1 Å². The first kappa shape index (κ1) is 11.3. The summed E-state index contributed by atoms with van der Waals surface area (Å²) in [5, 5.41) is 13.4. The summed E-state index contributed by atoms with van der Waals surface area (Å²) in [6.45, 7) is 5.96. The molecule has 0 bridgehead atoms. The first-order chi connectivity index (χ1) is 7.65. The first-order valence-corrected chi connectivity index (χ1v) is 5.73. The number of phenolic OH excluding ortho intramolecular Hbond substituents is 1. The van der Waals surface area contributed by atoms with Crippen LogP contribution in [0.5, 0.6) is 11.5 Å². The number of hydrogen-bond donors (Lipinski definition) is 2. The maximum absolute atomic E-state index is 10.1. The Balaban J connectivity index is 2.50. The van der Waals surface area contributed by atoms with Gasteiger partial charge in [0.25, 0.3) is 0 Å². The van der Waals surface area contributed by atoms with E-state index in [0.29, 0.717) is 17.4 Å². The van der Waals surface area contributed by atoms with Gasteiger partial charge in [-0.3, -0.25) is 0 Å². The second-order valence-electron chi connectivity index (χ2n) is 4.48. The summed E-state index contributed by atoms with van der Waals surface area (Å²) in [5.41, 5.74) is 3.17. The van der Waals surface area contributed by atoms with E-state index in [9.17, 15) is 5.11 Å².